The number of pyridine rings is 1. The molecule has 0 fully saturated rings. The first-order valence-corrected chi connectivity index (χ1v) is 5.16. The van der Waals surface area contributed by atoms with Crippen LogP contribution in [0.4, 0.5) is 8.78 Å². The predicted molar refractivity (Wildman–Crippen MR) is 61.2 cm³/mol. The van der Waals surface area contributed by atoms with Crippen molar-refractivity contribution < 1.29 is 13.5 Å². The van der Waals surface area contributed by atoms with Gasteiger partial charge in [0.1, 0.15) is 5.15 Å². The molecule has 5 heteroatoms. The van der Waals surface area contributed by atoms with Gasteiger partial charge >= 0.3 is 0 Å². The zero-order valence-corrected chi connectivity index (χ0v) is 9.63. The topological polar surface area (TPSA) is 22.1 Å². The minimum Gasteiger partial charge on any atom is -0.481 e. The fraction of sp³-hybridized carbons (Fsp3) is 0.0833. The third-order valence-corrected chi connectivity index (χ3v) is 2.56. The van der Waals surface area contributed by atoms with Gasteiger partial charge in [-0.2, -0.15) is 0 Å². The highest BCUT2D eigenvalue weighted by atomic mass is 35.5. The number of nitrogens with zero attached hydrogens (tertiary/aromatic N) is 1. The first-order chi connectivity index (χ1) is 8.13. The lowest BCUT2D eigenvalue weighted by atomic mass is 10.1. The van der Waals surface area contributed by atoms with Gasteiger partial charge in [0.15, 0.2) is 11.6 Å². The fourth-order valence-electron chi connectivity index (χ4n) is 1.44. The lowest BCUT2D eigenvalue weighted by molar-refractivity contribution is 0.398. The van der Waals surface area contributed by atoms with Crippen molar-refractivity contribution in [3.05, 3.63) is 47.1 Å². The van der Waals surface area contributed by atoms with Crippen molar-refractivity contribution >= 4 is 11.6 Å². The maximum atomic E-state index is 13.6. The van der Waals surface area contributed by atoms with Crippen LogP contribution in [-0.4, -0.2) is 12.1 Å². The summed E-state index contributed by atoms with van der Waals surface area (Å²) in [7, 11) is 1.45. The van der Waals surface area contributed by atoms with Crippen molar-refractivity contribution in [2.45, 2.75) is 0 Å². The van der Waals surface area contributed by atoms with Gasteiger partial charge in [-0.05, 0) is 12.1 Å². The quantitative estimate of drug-likeness (QED) is 0.764. The van der Waals surface area contributed by atoms with Gasteiger partial charge < -0.3 is 4.74 Å². The van der Waals surface area contributed by atoms with Gasteiger partial charge in [-0.15, -0.1) is 0 Å². The van der Waals surface area contributed by atoms with Crippen molar-refractivity contribution in [2.24, 2.45) is 0 Å². The van der Waals surface area contributed by atoms with Crippen LogP contribution in [0.3, 0.4) is 0 Å². The average Bonchev–Trinajstić information content (AvgIpc) is 2.33. The number of halogens is 3. The summed E-state index contributed by atoms with van der Waals surface area (Å²) in [5, 5.41) is 0.0638. The van der Waals surface area contributed by atoms with E-state index in [-0.39, 0.29) is 10.7 Å². The highest BCUT2D eigenvalue weighted by molar-refractivity contribution is 6.32. The normalized spacial score (nSPS) is 10.4. The highest BCUT2D eigenvalue weighted by Gasteiger charge is 2.13. The summed E-state index contributed by atoms with van der Waals surface area (Å²) in [6.45, 7) is 0. The van der Waals surface area contributed by atoms with Crippen molar-refractivity contribution in [2.75, 3.05) is 7.11 Å². The summed E-state index contributed by atoms with van der Waals surface area (Å²) in [6, 6.07) is 6.96. The van der Waals surface area contributed by atoms with E-state index in [2.05, 4.69) is 4.98 Å². The summed E-state index contributed by atoms with van der Waals surface area (Å²) >= 11 is 5.89. The second kappa shape index (κ2) is 4.67. The molecule has 0 aliphatic heterocycles. The van der Waals surface area contributed by atoms with Crippen molar-refractivity contribution in [3.63, 3.8) is 0 Å². The first-order valence-electron chi connectivity index (χ1n) is 4.78. The molecule has 2 nitrogen and oxygen atoms in total. The fourth-order valence-corrected chi connectivity index (χ4v) is 1.69. The third-order valence-electron chi connectivity index (χ3n) is 2.27. The molecule has 0 bridgehead atoms. The predicted octanol–water partition coefficient (Wildman–Crippen LogP) is 3.69. The van der Waals surface area contributed by atoms with E-state index in [0.717, 1.165) is 6.07 Å². The van der Waals surface area contributed by atoms with Crippen molar-refractivity contribution in [1.82, 2.24) is 4.98 Å². The van der Waals surface area contributed by atoms with Gasteiger partial charge in [0.2, 0.25) is 5.88 Å². The summed E-state index contributed by atoms with van der Waals surface area (Å²) < 4.78 is 31.5. The van der Waals surface area contributed by atoms with Crippen molar-refractivity contribution in [3.8, 4) is 17.0 Å². The van der Waals surface area contributed by atoms with Crippen molar-refractivity contribution in [1.29, 1.82) is 0 Å². The Balaban J connectivity index is 2.57. The molecule has 17 heavy (non-hydrogen) atoms. The maximum absolute atomic E-state index is 13.6. The van der Waals surface area contributed by atoms with Crippen LogP contribution in [0.5, 0.6) is 5.88 Å². The number of ether oxygens (including phenoxy) is 1. The Morgan fingerprint density at radius 3 is 2.53 bits per heavy atom. The van der Waals surface area contributed by atoms with Gasteiger partial charge in [-0.3, -0.25) is 0 Å². The molecule has 0 saturated heterocycles. The Hall–Kier alpha value is -1.68. The van der Waals surface area contributed by atoms with Crippen LogP contribution in [0, 0.1) is 11.6 Å². The average molecular weight is 256 g/mol. The lowest BCUT2D eigenvalue weighted by Gasteiger charge is -2.07. The van der Waals surface area contributed by atoms with Crippen LogP contribution in [0.15, 0.2) is 30.3 Å². The molecular weight excluding hydrogens is 248 g/mol. The molecule has 1 aromatic carbocycles. The minimum atomic E-state index is -0.943. The highest BCUT2D eigenvalue weighted by Crippen LogP contribution is 2.30. The van der Waals surface area contributed by atoms with Crippen LogP contribution in [0.2, 0.25) is 5.15 Å². The van der Waals surface area contributed by atoms with E-state index in [1.165, 1.54) is 31.4 Å². The Morgan fingerprint density at radius 1 is 1.12 bits per heavy atom. The summed E-state index contributed by atoms with van der Waals surface area (Å²) in [4.78, 5) is 3.89. The molecule has 0 aliphatic carbocycles. The molecule has 0 unspecified atom stereocenters. The van der Waals surface area contributed by atoms with Crippen LogP contribution in [0.25, 0.3) is 11.1 Å². The van der Waals surface area contributed by atoms with Gasteiger partial charge in [-0.1, -0.05) is 23.7 Å². The number of benzene rings is 1. The number of methoxy groups -OCH3 is 1. The molecule has 88 valence electrons. The van der Waals surface area contributed by atoms with Crippen LogP contribution >= 0.6 is 11.6 Å². The van der Waals surface area contributed by atoms with Crippen LogP contribution in [0.1, 0.15) is 0 Å². The first kappa shape index (κ1) is 11.8. The number of aromatic nitrogens is 1. The monoisotopic (exact) mass is 255 g/mol. The molecule has 2 rings (SSSR count). The van der Waals surface area contributed by atoms with Gasteiger partial charge in [0.05, 0.1) is 7.11 Å². The Kier molecular flexibility index (Phi) is 3.24. The molecule has 0 aliphatic rings. The molecule has 0 amide bonds. The zero-order chi connectivity index (χ0) is 12.4. The van der Waals surface area contributed by atoms with Crippen LogP contribution < -0.4 is 4.74 Å². The van der Waals surface area contributed by atoms with Crippen LogP contribution in [-0.2, 0) is 0 Å². The number of rotatable bonds is 2. The molecular formula is C12H8ClF2NO. The molecule has 0 atom stereocenters. The summed E-state index contributed by atoms with van der Waals surface area (Å²) in [5.74, 6) is -1.55. The van der Waals surface area contributed by atoms with E-state index < -0.39 is 11.6 Å². The van der Waals surface area contributed by atoms with Gasteiger partial charge in [0, 0.05) is 17.2 Å². The molecule has 0 saturated carbocycles. The Bertz CT molecular complexity index is 560. The van der Waals surface area contributed by atoms with E-state index in [0.29, 0.717) is 11.4 Å². The van der Waals surface area contributed by atoms with Gasteiger partial charge in [0.25, 0.3) is 0 Å². The molecule has 0 spiro atoms. The van der Waals surface area contributed by atoms with E-state index >= 15 is 0 Å². The van der Waals surface area contributed by atoms with E-state index in [1.807, 2.05) is 0 Å². The standard InChI is InChI=1S/C12H8ClF2NO/c1-17-10-6-5-8(12(13)16-10)7-3-2-4-9(14)11(7)15/h2-6H,1H3. The van der Waals surface area contributed by atoms with Gasteiger partial charge in [-0.25, -0.2) is 13.8 Å². The smallest absolute Gasteiger partial charge is 0.214 e. The lowest BCUT2D eigenvalue weighted by Crippen LogP contribution is -1.93. The molecule has 1 heterocycles. The number of hydrogen-bond acceptors (Lipinski definition) is 2. The molecule has 2 aromatic rings. The van der Waals surface area contributed by atoms with E-state index in [4.69, 9.17) is 16.3 Å². The second-order valence-electron chi connectivity index (χ2n) is 3.29. The minimum absolute atomic E-state index is 0.0638. The largest absolute Gasteiger partial charge is 0.481 e. The summed E-state index contributed by atoms with van der Waals surface area (Å²) in [5.41, 5.74) is 0.398. The zero-order valence-electron chi connectivity index (χ0n) is 8.88. The Morgan fingerprint density at radius 2 is 1.88 bits per heavy atom. The summed E-state index contributed by atoms with van der Waals surface area (Å²) in [6.07, 6.45) is 0. The van der Waals surface area contributed by atoms with E-state index in [9.17, 15) is 8.78 Å². The SMILES string of the molecule is COc1ccc(-c2cccc(F)c2F)c(Cl)n1. The molecule has 0 radical (unpaired) electrons. The van der Waals surface area contributed by atoms with E-state index in [1.54, 1.807) is 0 Å². The molecule has 1 aromatic heterocycles. The molecule has 0 N–H and O–H groups in total. The maximum Gasteiger partial charge on any atom is 0.214 e. The second-order valence-corrected chi connectivity index (χ2v) is 3.65. The Labute approximate surface area is 102 Å². The third kappa shape index (κ3) is 2.22. The number of hydrogen-bond donors (Lipinski definition) is 0.